The van der Waals surface area contributed by atoms with E-state index in [1.807, 2.05) is 48.5 Å². The number of ether oxygens (including phenoxy) is 2. The van der Waals surface area contributed by atoms with Gasteiger partial charge < -0.3 is 14.8 Å². The van der Waals surface area contributed by atoms with Crippen molar-refractivity contribution in [1.29, 1.82) is 0 Å². The number of benzene rings is 2. The minimum absolute atomic E-state index is 0.0431. The highest BCUT2D eigenvalue weighted by Crippen LogP contribution is 2.18. The topological polar surface area (TPSA) is 47.6 Å². The van der Waals surface area contributed by atoms with Gasteiger partial charge in [0.25, 0.3) is 0 Å². The predicted octanol–water partition coefficient (Wildman–Crippen LogP) is 2.75. The molecule has 0 spiro atoms. The molecule has 1 unspecified atom stereocenters. The summed E-state index contributed by atoms with van der Waals surface area (Å²) in [5.41, 5.74) is 2.27. The summed E-state index contributed by atoms with van der Waals surface area (Å²) in [4.78, 5) is 12.1. The van der Waals surface area contributed by atoms with Crippen LogP contribution in [-0.4, -0.2) is 32.8 Å². The SMILES string of the molecule is COCCOCC(=O)NC(Cc1ccccc1)c1ccccc1. The lowest BCUT2D eigenvalue weighted by atomic mass is 9.99. The molecule has 0 radical (unpaired) electrons. The van der Waals surface area contributed by atoms with E-state index in [1.165, 1.54) is 5.56 Å². The molecule has 122 valence electrons. The lowest BCUT2D eigenvalue weighted by Gasteiger charge is -2.19. The van der Waals surface area contributed by atoms with E-state index in [9.17, 15) is 4.79 Å². The van der Waals surface area contributed by atoms with Crippen molar-refractivity contribution in [3.8, 4) is 0 Å². The number of carbonyl (C=O) groups is 1. The van der Waals surface area contributed by atoms with Crippen LogP contribution in [0.5, 0.6) is 0 Å². The van der Waals surface area contributed by atoms with Gasteiger partial charge in [-0.15, -0.1) is 0 Å². The zero-order chi connectivity index (χ0) is 16.3. The number of rotatable bonds is 9. The van der Waals surface area contributed by atoms with E-state index in [2.05, 4.69) is 17.4 Å². The Balaban J connectivity index is 1.98. The van der Waals surface area contributed by atoms with Gasteiger partial charge in [-0.05, 0) is 17.5 Å². The predicted molar refractivity (Wildman–Crippen MR) is 90.2 cm³/mol. The monoisotopic (exact) mass is 313 g/mol. The molecular formula is C19H23NO3. The van der Waals surface area contributed by atoms with E-state index < -0.39 is 0 Å². The summed E-state index contributed by atoms with van der Waals surface area (Å²) < 4.78 is 10.2. The first-order chi connectivity index (χ1) is 11.3. The van der Waals surface area contributed by atoms with Gasteiger partial charge in [0.2, 0.25) is 5.91 Å². The summed E-state index contributed by atoms with van der Waals surface area (Å²) in [6, 6.07) is 20.1. The van der Waals surface area contributed by atoms with E-state index in [4.69, 9.17) is 9.47 Å². The Hall–Kier alpha value is -2.17. The molecule has 4 nitrogen and oxygen atoms in total. The molecule has 4 heteroatoms. The normalized spacial score (nSPS) is 11.9. The maximum atomic E-state index is 12.1. The van der Waals surface area contributed by atoms with Crippen molar-refractivity contribution in [1.82, 2.24) is 5.32 Å². The van der Waals surface area contributed by atoms with E-state index in [0.29, 0.717) is 13.2 Å². The Labute approximate surface area is 137 Å². The minimum Gasteiger partial charge on any atom is -0.382 e. The van der Waals surface area contributed by atoms with Gasteiger partial charge in [0.1, 0.15) is 6.61 Å². The van der Waals surface area contributed by atoms with Crippen LogP contribution < -0.4 is 5.32 Å². The van der Waals surface area contributed by atoms with Crippen LogP contribution in [0.2, 0.25) is 0 Å². The molecule has 1 amide bonds. The summed E-state index contributed by atoms with van der Waals surface area (Å²) in [6.45, 7) is 0.944. The standard InChI is InChI=1S/C19H23NO3/c1-22-12-13-23-15-19(21)20-18(17-10-6-3-7-11-17)14-16-8-4-2-5-9-16/h2-11,18H,12-15H2,1H3,(H,20,21). The quantitative estimate of drug-likeness (QED) is 0.724. The lowest BCUT2D eigenvalue weighted by Crippen LogP contribution is -2.33. The van der Waals surface area contributed by atoms with Gasteiger partial charge >= 0.3 is 0 Å². The minimum atomic E-state index is -0.120. The Morgan fingerprint density at radius 1 is 1.00 bits per heavy atom. The molecule has 2 aromatic rings. The Kier molecular flexibility index (Phi) is 7.30. The van der Waals surface area contributed by atoms with Crippen molar-refractivity contribution in [3.05, 3.63) is 71.8 Å². The van der Waals surface area contributed by atoms with Crippen LogP contribution in [-0.2, 0) is 20.7 Å². The van der Waals surface area contributed by atoms with Crippen molar-refractivity contribution in [2.24, 2.45) is 0 Å². The van der Waals surface area contributed by atoms with Crippen molar-refractivity contribution in [2.45, 2.75) is 12.5 Å². The average Bonchev–Trinajstić information content (AvgIpc) is 2.60. The summed E-state index contributed by atoms with van der Waals surface area (Å²) in [5.74, 6) is -0.120. The van der Waals surface area contributed by atoms with Gasteiger partial charge in [-0.1, -0.05) is 60.7 Å². The van der Waals surface area contributed by atoms with Crippen LogP contribution in [0.1, 0.15) is 17.2 Å². The summed E-state index contributed by atoms with van der Waals surface area (Å²) in [6.07, 6.45) is 0.745. The zero-order valence-electron chi connectivity index (χ0n) is 13.4. The molecule has 0 aliphatic heterocycles. The second-order valence-electron chi connectivity index (χ2n) is 5.27. The molecule has 23 heavy (non-hydrogen) atoms. The first-order valence-corrected chi connectivity index (χ1v) is 7.74. The Morgan fingerprint density at radius 2 is 1.65 bits per heavy atom. The van der Waals surface area contributed by atoms with Crippen LogP contribution >= 0.6 is 0 Å². The van der Waals surface area contributed by atoms with Crippen molar-refractivity contribution in [3.63, 3.8) is 0 Å². The highest BCUT2D eigenvalue weighted by molar-refractivity contribution is 5.77. The van der Waals surface area contributed by atoms with Gasteiger partial charge in [0.05, 0.1) is 19.3 Å². The number of nitrogens with one attached hydrogen (secondary N) is 1. The highest BCUT2D eigenvalue weighted by Gasteiger charge is 2.15. The summed E-state index contributed by atoms with van der Waals surface area (Å²) in [7, 11) is 1.61. The highest BCUT2D eigenvalue weighted by atomic mass is 16.5. The second kappa shape index (κ2) is 9.77. The molecule has 2 rings (SSSR count). The Morgan fingerprint density at radius 3 is 2.30 bits per heavy atom. The van der Waals surface area contributed by atoms with Crippen molar-refractivity contribution in [2.75, 3.05) is 26.9 Å². The fourth-order valence-corrected chi connectivity index (χ4v) is 2.33. The first kappa shape index (κ1) is 17.2. The maximum Gasteiger partial charge on any atom is 0.246 e. The molecule has 0 heterocycles. The van der Waals surface area contributed by atoms with Gasteiger partial charge in [0, 0.05) is 7.11 Å². The van der Waals surface area contributed by atoms with E-state index in [0.717, 1.165) is 12.0 Å². The molecule has 0 fully saturated rings. The van der Waals surface area contributed by atoms with Crippen LogP contribution in [0, 0.1) is 0 Å². The molecule has 2 aromatic carbocycles. The molecule has 0 aliphatic carbocycles. The second-order valence-corrected chi connectivity index (χ2v) is 5.27. The van der Waals surface area contributed by atoms with Gasteiger partial charge in [-0.25, -0.2) is 0 Å². The molecule has 0 aromatic heterocycles. The van der Waals surface area contributed by atoms with Crippen LogP contribution in [0.3, 0.4) is 0 Å². The van der Waals surface area contributed by atoms with Crippen molar-refractivity contribution >= 4 is 5.91 Å². The molecule has 1 atom stereocenters. The number of hydrogen-bond donors (Lipinski definition) is 1. The molecule has 0 bridgehead atoms. The van der Waals surface area contributed by atoms with Gasteiger partial charge in [-0.2, -0.15) is 0 Å². The number of amides is 1. The fourth-order valence-electron chi connectivity index (χ4n) is 2.33. The third-order valence-electron chi connectivity index (χ3n) is 3.48. The average molecular weight is 313 g/mol. The first-order valence-electron chi connectivity index (χ1n) is 7.74. The Bertz CT molecular complexity index is 572. The fraction of sp³-hybridized carbons (Fsp3) is 0.316. The summed E-state index contributed by atoms with van der Waals surface area (Å²) in [5, 5.41) is 3.05. The third kappa shape index (κ3) is 6.22. The van der Waals surface area contributed by atoms with Gasteiger partial charge in [0.15, 0.2) is 0 Å². The van der Waals surface area contributed by atoms with Crippen LogP contribution in [0.25, 0.3) is 0 Å². The molecule has 0 aliphatic rings. The largest absolute Gasteiger partial charge is 0.382 e. The molecule has 0 saturated heterocycles. The van der Waals surface area contributed by atoms with Crippen LogP contribution in [0.4, 0.5) is 0 Å². The lowest BCUT2D eigenvalue weighted by molar-refractivity contribution is -0.126. The maximum absolute atomic E-state index is 12.1. The van der Waals surface area contributed by atoms with Crippen LogP contribution in [0.15, 0.2) is 60.7 Å². The molecule has 0 saturated carbocycles. The smallest absolute Gasteiger partial charge is 0.246 e. The van der Waals surface area contributed by atoms with E-state index >= 15 is 0 Å². The summed E-state index contributed by atoms with van der Waals surface area (Å²) >= 11 is 0. The molecule has 1 N–H and O–H groups in total. The van der Waals surface area contributed by atoms with E-state index in [1.54, 1.807) is 7.11 Å². The zero-order valence-corrected chi connectivity index (χ0v) is 13.4. The number of carbonyl (C=O) groups excluding carboxylic acids is 1. The van der Waals surface area contributed by atoms with E-state index in [-0.39, 0.29) is 18.6 Å². The third-order valence-corrected chi connectivity index (χ3v) is 3.48. The number of hydrogen-bond acceptors (Lipinski definition) is 3. The molecular weight excluding hydrogens is 290 g/mol. The van der Waals surface area contributed by atoms with Gasteiger partial charge in [-0.3, -0.25) is 4.79 Å². The number of methoxy groups -OCH3 is 1. The van der Waals surface area contributed by atoms with Crippen molar-refractivity contribution < 1.29 is 14.3 Å².